The smallest absolute Gasteiger partial charge is 0.129 e. The van der Waals surface area contributed by atoms with Crippen molar-refractivity contribution >= 4 is 27.5 Å². The largest absolute Gasteiger partial charge is 0.373 e. The van der Waals surface area contributed by atoms with Crippen LogP contribution >= 0.6 is 0 Å². The van der Waals surface area contributed by atoms with Crippen molar-refractivity contribution in [2.45, 2.75) is 6.92 Å². The van der Waals surface area contributed by atoms with Crippen molar-refractivity contribution in [2.24, 2.45) is 0 Å². The summed E-state index contributed by atoms with van der Waals surface area (Å²) in [5, 5.41) is 6.78. The summed E-state index contributed by atoms with van der Waals surface area (Å²) in [4.78, 5) is 4.71. The SMILES string of the molecule is CNc1nc2c(ccc3ccccc32)cc1C. The maximum Gasteiger partial charge on any atom is 0.129 e. The van der Waals surface area contributed by atoms with Gasteiger partial charge in [-0.3, -0.25) is 0 Å². The molecule has 0 aliphatic heterocycles. The molecule has 0 aliphatic carbocycles. The van der Waals surface area contributed by atoms with E-state index in [1.165, 1.54) is 21.7 Å². The van der Waals surface area contributed by atoms with Crippen molar-refractivity contribution in [1.82, 2.24) is 4.98 Å². The fourth-order valence-corrected chi connectivity index (χ4v) is 2.27. The van der Waals surface area contributed by atoms with E-state index in [1.807, 2.05) is 7.05 Å². The molecule has 0 saturated carbocycles. The predicted molar refractivity (Wildman–Crippen MR) is 73.5 cm³/mol. The molecule has 1 N–H and O–H groups in total. The molecule has 0 saturated heterocycles. The Kier molecular flexibility index (Phi) is 2.22. The molecule has 0 radical (unpaired) electrons. The third kappa shape index (κ3) is 1.53. The summed E-state index contributed by atoms with van der Waals surface area (Å²) in [6, 6.07) is 14.8. The zero-order valence-electron chi connectivity index (χ0n) is 9.99. The number of fused-ring (bicyclic) bond motifs is 3. The Labute approximate surface area is 100 Å². The first-order valence-corrected chi connectivity index (χ1v) is 5.76. The van der Waals surface area contributed by atoms with Gasteiger partial charge in [-0.15, -0.1) is 0 Å². The number of anilines is 1. The number of benzene rings is 2. The van der Waals surface area contributed by atoms with Gasteiger partial charge in [0.25, 0.3) is 0 Å². The normalized spacial score (nSPS) is 10.9. The van der Waals surface area contributed by atoms with Crippen LogP contribution in [0.5, 0.6) is 0 Å². The number of hydrogen-bond acceptors (Lipinski definition) is 2. The van der Waals surface area contributed by atoms with E-state index in [4.69, 9.17) is 4.98 Å². The second kappa shape index (κ2) is 3.74. The van der Waals surface area contributed by atoms with Crippen molar-refractivity contribution < 1.29 is 0 Å². The third-order valence-electron chi connectivity index (χ3n) is 3.14. The third-order valence-corrected chi connectivity index (χ3v) is 3.14. The first-order chi connectivity index (χ1) is 8.29. The first-order valence-electron chi connectivity index (χ1n) is 5.76. The maximum absolute atomic E-state index is 4.71. The van der Waals surface area contributed by atoms with Gasteiger partial charge in [-0.25, -0.2) is 4.98 Å². The standard InChI is InChI=1S/C15H14N2/c1-10-9-12-8-7-11-5-3-4-6-13(11)14(12)17-15(10)16-2/h3-9H,1-2H3,(H,16,17). The highest BCUT2D eigenvalue weighted by molar-refractivity contribution is 6.05. The molecule has 84 valence electrons. The highest BCUT2D eigenvalue weighted by Gasteiger charge is 2.05. The van der Waals surface area contributed by atoms with E-state index < -0.39 is 0 Å². The maximum atomic E-state index is 4.71. The lowest BCUT2D eigenvalue weighted by Gasteiger charge is -2.08. The molecular weight excluding hydrogens is 208 g/mol. The summed E-state index contributed by atoms with van der Waals surface area (Å²) in [5.41, 5.74) is 2.24. The van der Waals surface area contributed by atoms with Crippen LogP contribution in [-0.4, -0.2) is 12.0 Å². The minimum Gasteiger partial charge on any atom is -0.373 e. The van der Waals surface area contributed by atoms with Crippen LogP contribution in [0, 0.1) is 6.92 Å². The van der Waals surface area contributed by atoms with Crippen molar-refractivity contribution in [2.75, 3.05) is 12.4 Å². The highest BCUT2D eigenvalue weighted by atomic mass is 15.0. The highest BCUT2D eigenvalue weighted by Crippen LogP contribution is 2.26. The van der Waals surface area contributed by atoms with Gasteiger partial charge in [0.1, 0.15) is 5.82 Å². The van der Waals surface area contributed by atoms with Crippen LogP contribution in [0.15, 0.2) is 42.5 Å². The number of nitrogens with zero attached hydrogens (tertiary/aromatic N) is 1. The van der Waals surface area contributed by atoms with E-state index >= 15 is 0 Å². The molecule has 0 fully saturated rings. The molecule has 2 nitrogen and oxygen atoms in total. The van der Waals surface area contributed by atoms with E-state index in [1.54, 1.807) is 0 Å². The Morgan fingerprint density at radius 3 is 2.59 bits per heavy atom. The first kappa shape index (κ1) is 10.1. The average Bonchev–Trinajstić information content (AvgIpc) is 2.37. The number of aryl methyl sites for hydroxylation is 1. The van der Waals surface area contributed by atoms with Crippen LogP contribution in [0.2, 0.25) is 0 Å². The second-order valence-electron chi connectivity index (χ2n) is 4.26. The van der Waals surface area contributed by atoms with Crippen molar-refractivity contribution in [3.8, 4) is 0 Å². The molecule has 17 heavy (non-hydrogen) atoms. The lowest BCUT2D eigenvalue weighted by Crippen LogP contribution is -1.96. The van der Waals surface area contributed by atoms with Crippen LogP contribution in [0.4, 0.5) is 5.82 Å². The number of hydrogen-bond donors (Lipinski definition) is 1. The molecule has 0 aliphatic rings. The van der Waals surface area contributed by atoms with Gasteiger partial charge in [0, 0.05) is 17.8 Å². The summed E-state index contributed by atoms with van der Waals surface area (Å²) in [7, 11) is 1.91. The Morgan fingerprint density at radius 1 is 1.00 bits per heavy atom. The topological polar surface area (TPSA) is 24.9 Å². The number of nitrogens with one attached hydrogen (secondary N) is 1. The Balaban J connectivity index is 2.48. The van der Waals surface area contributed by atoms with E-state index in [9.17, 15) is 0 Å². The molecule has 0 spiro atoms. The molecule has 2 aromatic carbocycles. The van der Waals surface area contributed by atoms with Gasteiger partial charge in [0.15, 0.2) is 0 Å². The van der Waals surface area contributed by atoms with Crippen LogP contribution in [0.3, 0.4) is 0 Å². The van der Waals surface area contributed by atoms with E-state index in [2.05, 4.69) is 54.7 Å². The minimum atomic E-state index is 0.953. The van der Waals surface area contributed by atoms with Crippen molar-refractivity contribution in [3.05, 3.63) is 48.0 Å². The van der Waals surface area contributed by atoms with Gasteiger partial charge in [-0.05, 0) is 23.9 Å². The molecule has 3 aromatic rings. The van der Waals surface area contributed by atoms with E-state index in [0.29, 0.717) is 0 Å². The van der Waals surface area contributed by atoms with Crippen molar-refractivity contribution in [1.29, 1.82) is 0 Å². The molecule has 0 atom stereocenters. The van der Waals surface area contributed by atoms with Gasteiger partial charge in [0.2, 0.25) is 0 Å². The molecule has 0 amide bonds. The van der Waals surface area contributed by atoms with Gasteiger partial charge in [-0.1, -0.05) is 36.4 Å². The molecule has 0 unspecified atom stereocenters. The molecule has 3 rings (SSSR count). The molecule has 0 bridgehead atoms. The number of rotatable bonds is 1. The van der Waals surface area contributed by atoms with Gasteiger partial charge in [-0.2, -0.15) is 0 Å². The summed E-state index contributed by atoms with van der Waals surface area (Å²) in [5.74, 6) is 0.953. The predicted octanol–water partition coefficient (Wildman–Crippen LogP) is 3.74. The molecule has 1 aromatic heterocycles. The van der Waals surface area contributed by atoms with Crippen LogP contribution in [-0.2, 0) is 0 Å². The fraction of sp³-hybridized carbons (Fsp3) is 0.133. The minimum absolute atomic E-state index is 0.953. The van der Waals surface area contributed by atoms with Gasteiger partial charge in [0.05, 0.1) is 5.52 Å². The number of aromatic nitrogens is 1. The van der Waals surface area contributed by atoms with Crippen LogP contribution < -0.4 is 5.32 Å². The van der Waals surface area contributed by atoms with Crippen LogP contribution in [0.1, 0.15) is 5.56 Å². The quantitative estimate of drug-likeness (QED) is 0.634. The number of pyridine rings is 1. The zero-order chi connectivity index (χ0) is 11.8. The van der Waals surface area contributed by atoms with Gasteiger partial charge >= 0.3 is 0 Å². The van der Waals surface area contributed by atoms with Gasteiger partial charge < -0.3 is 5.32 Å². The Morgan fingerprint density at radius 2 is 1.76 bits per heavy atom. The lowest BCUT2D eigenvalue weighted by atomic mass is 10.1. The zero-order valence-corrected chi connectivity index (χ0v) is 9.99. The summed E-state index contributed by atoms with van der Waals surface area (Å²) in [6.07, 6.45) is 0. The monoisotopic (exact) mass is 222 g/mol. The summed E-state index contributed by atoms with van der Waals surface area (Å²) in [6.45, 7) is 2.08. The second-order valence-corrected chi connectivity index (χ2v) is 4.26. The fourth-order valence-electron chi connectivity index (χ4n) is 2.27. The average molecular weight is 222 g/mol. The van der Waals surface area contributed by atoms with E-state index in [0.717, 1.165) is 11.3 Å². The van der Waals surface area contributed by atoms with Crippen molar-refractivity contribution in [3.63, 3.8) is 0 Å². The molecule has 1 heterocycles. The van der Waals surface area contributed by atoms with Crippen LogP contribution in [0.25, 0.3) is 21.7 Å². The molecular formula is C15H14N2. The lowest BCUT2D eigenvalue weighted by molar-refractivity contribution is 1.29. The Hall–Kier alpha value is -2.09. The summed E-state index contributed by atoms with van der Waals surface area (Å²) < 4.78 is 0. The molecule has 2 heteroatoms. The Bertz CT molecular complexity index is 702. The van der Waals surface area contributed by atoms with E-state index in [-0.39, 0.29) is 0 Å². The summed E-state index contributed by atoms with van der Waals surface area (Å²) >= 11 is 0.